The third kappa shape index (κ3) is 3.35. The number of nitrogens with one attached hydrogen (secondary N) is 1. The zero-order valence-electron chi connectivity index (χ0n) is 11.3. The first-order valence-corrected chi connectivity index (χ1v) is 6.78. The molecule has 100 valence electrons. The van der Waals surface area contributed by atoms with Crippen LogP contribution >= 0.6 is 0 Å². The third-order valence-corrected chi connectivity index (χ3v) is 3.34. The average Bonchev–Trinajstić information content (AvgIpc) is 2.35. The van der Waals surface area contributed by atoms with Gasteiger partial charge in [-0.3, -0.25) is 0 Å². The predicted molar refractivity (Wildman–Crippen MR) is 75.1 cm³/mol. The van der Waals surface area contributed by atoms with Gasteiger partial charge in [0.2, 0.25) is 0 Å². The number of hydrogen-bond acceptors (Lipinski definition) is 4. The Balaban J connectivity index is 2.07. The summed E-state index contributed by atoms with van der Waals surface area (Å²) in [6.07, 6.45) is 4.84. The van der Waals surface area contributed by atoms with Crippen LogP contribution in [0.15, 0.2) is 18.3 Å². The summed E-state index contributed by atoms with van der Waals surface area (Å²) in [5.74, 6) is 0.916. The topological polar surface area (TPSA) is 48.4 Å². The molecule has 0 amide bonds. The summed E-state index contributed by atoms with van der Waals surface area (Å²) in [5, 5.41) is 13.4. The number of aromatic nitrogens is 1. The van der Waals surface area contributed by atoms with E-state index in [1.807, 2.05) is 19.2 Å². The molecule has 4 nitrogen and oxygen atoms in total. The van der Waals surface area contributed by atoms with Gasteiger partial charge in [0, 0.05) is 37.6 Å². The predicted octanol–water partition coefficient (Wildman–Crippen LogP) is 2.25. The molecule has 1 fully saturated rings. The lowest BCUT2D eigenvalue weighted by Crippen LogP contribution is -2.46. The van der Waals surface area contributed by atoms with Crippen LogP contribution in [0.3, 0.4) is 0 Å². The van der Waals surface area contributed by atoms with Crippen molar-refractivity contribution in [3.8, 4) is 0 Å². The summed E-state index contributed by atoms with van der Waals surface area (Å²) in [7, 11) is 0. The highest BCUT2D eigenvalue weighted by Crippen LogP contribution is 2.26. The molecule has 1 aromatic heterocycles. The molecule has 2 rings (SSSR count). The number of β-amino-alcohol motifs (C(OH)–C–C–N with tert-alkyl or cyclic N) is 1. The Morgan fingerprint density at radius 3 is 3.11 bits per heavy atom. The van der Waals surface area contributed by atoms with Crippen LogP contribution in [0.25, 0.3) is 0 Å². The second-order valence-corrected chi connectivity index (χ2v) is 5.35. The van der Waals surface area contributed by atoms with E-state index in [-0.39, 0.29) is 0 Å². The van der Waals surface area contributed by atoms with E-state index in [4.69, 9.17) is 0 Å². The maximum atomic E-state index is 10.1. The van der Waals surface area contributed by atoms with Crippen LogP contribution in [0.2, 0.25) is 0 Å². The second kappa shape index (κ2) is 5.57. The summed E-state index contributed by atoms with van der Waals surface area (Å²) < 4.78 is 0. The molecule has 2 N–H and O–H groups in total. The maximum absolute atomic E-state index is 10.1. The fourth-order valence-corrected chi connectivity index (χ4v) is 2.41. The molecule has 0 aliphatic carbocycles. The molecule has 18 heavy (non-hydrogen) atoms. The van der Waals surface area contributed by atoms with Gasteiger partial charge in [0.15, 0.2) is 0 Å². The number of rotatable bonds is 4. The van der Waals surface area contributed by atoms with E-state index in [0.29, 0.717) is 6.54 Å². The first-order valence-electron chi connectivity index (χ1n) is 6.78. The van der Waals surface area contributed by atoms with Gasteiger partial charge in [0.25, 0.3) is 0 Å². The minimum Gasteiger partial charge on any atom is -0.388 e. The van der Waals surface area contributed by atoms with Gasteiger partial charge in [-0.05, 0) is 32.3 Å². The normalized spacial score (nSPS) is 24.1. The average molecular weight is 249 g/mol. The minimum absolute atomic E-state index is 0.571. The number of nitrogens with zero attached hydrogens (tertiary/aromatic N) is 2. The van der Waals surface area contributed by atoms with Crippen molar-refractivity contribution in [2.75, 3.05) is 29.9 Å². The molecule has 1 unspecified atom stereocenters. The van der Waals surface area contributed by atoms with Gasteiger partial charge in [-0.25, -0.2) is 4.98 Å². The molecule has 0 radical (unpaired) electrons. The summed E-state index contributed by atoms with van der Waals surface area (Å²) in [6, 6.07) is 4.08. The largest absolute Gasteiger partial charge is 0.388 e. The van der Waals surface area contributed by atoms with Gasteiger partial charge < -0.3 is 15.3 Å². The highest BCUT2D eigenvalue weighted by atomic mass is 16.3. The van der Waals surface area contributed by atoms with Gasteiger partial charge in [0.1, 0.15) is 5.82 Å². The van der Waals surface area contributed by atoms with E-state index < -0.39 is 5.60 Å². The standard InChI is InChI=1S/C14H23N3O/c1-3-7-15-13-10-12(5-8-16-13)17-9-4-6-14(2,18)11-17/h5,8,10,18H,3-4,6-7,9,11H2,1-2H3,(H,15,16). The number of pyridine rings is 1. The van der Waals surface area contributed by atoms with Crippen LogP contribution in [-0.2, 0) is 0 Å². The Hall–Kier alpha value is -1.29. The molecule has 1 aliphatic rings. The van der Waals surface area contributed by atoms with Crippen molar-refractivity contribution < 1.29 is 5.11 Å². The van der Waals surface area contributed by atoms with Gasteiger partial charge in [0.05, 0.1) is 5.60 Å². The zero-order valence-corrected chi connectivity index (χ0v) is 11.3. The van der Waals surface area contributed by atoms with Crippen molar-refractivity contribution in [2.24, 2.45) is 0 Å². The highest BCUT2D eigenvalue weighted by molar-refractivity contribution is 5.54. The summed E-state index contributed by atoms with van der Waals surface area (Å²) in [4.78, 5) is 6.55. The lowest BCUT2D eigenvalue weighted by atomic mass is 9.95. The quantitative estimate of drug-likeness (QED) is 0.859. The monoisotopic (exact) mass is 249 g/mol. The van der Waals surface area contributed by atoms with E-state index >= 15 is 0 Å². The fraction of sp³-hybridized carbons (Fsp3) is 0.643. The molecule has 0 aromatic carbocycles. The van der Waals surface area contributed by atoms with Crippen LogP contribution in [0.4, 0.5) is 11.5 Å². The van der Waals surface area contributed by atoms with Crippen molar-refractivity contribution in [1.82, 2.24) is 4.98 Å². The van der Waals surface area contributed by atoms with E-state index in [1.165, 1.54) is 0 Å². The van der Waals surface area contributed by atoms with Crippen molar-refractivity contribution >= 4 is 11.5 Å². The van der Waals surface area contributed by atoms with Crippen molar-refractivity contribution in [2.45, 2.75) is 38.7 Å². The van der Waals surface area contributed by atoms with Gasteiger partial charge in [-0.1, -0.05) is 6.92 Å². The molecule has 1 saturated heterocycles. The van der Waals surface area contributed by atoms with E-state index in [2.05, 4.69) is 28.2 Å². The lowest BCUT2D eigenvalue weighted by molar-refractivity contribution is 0.0449. The fourth-order valence-electron chi connectivity index (χ4n) is 2.41. The first kappa shape index (κ1) is 13.1. The summed E-state index contributed by atoms with van der Waals surface area (Å²) in [5.41, 5.74) is 0.571. The highest BCUT2D eigenvalue weighted by Gasteiger charge is 2.28. The molecular formula is C14H23N3O. The molecule has 1 atom stereocenters. The van der Waals surface area contributed by atoms with Crippen LogP contribution in [0.1, 0.15) is 33.1 Å². The molecule has 4 heteroatoms. The lowest BCUT2D eigenvalue weighted by Gasteiger charge is -2.38. The molecule has 0 spiro atoms. The number of hydrogen-bond donors (Lipinski definition) is 2. The van der Waals surface area contributed by atoms with Crippen molar-refractivity contribution in [1.29, 1.82) is 0 Å². The van der Waals surface area contributed by atoms with Crippen LogP contribution < -0.4 is 10.2 Å². The van der Waals surface area contributed by atoms with Crippen LogP contribution in [-0.4, -0.2) is 35.3 Å². The minimum atomic E-state index is -0.571. The van der Waals surface area contributed by atoms with Crippen LogP contribution in [0, 0.1) is 0 Å². The Labute approximate surface area is 109 Å². The van der Waals surface area contributed by atoms with E-state index in [0.717, 1.165) is 43.9 Å². The first-order chi connectivity index (χ1) is 8.61. The van der Waals surface area contributed by atoms with Crippen LogP contribution in [0.5, 0.6) is 0 Å². The smallest absolute Gasteiger partial charge is 0.127 e. The zero-order chi connectivity index (χ0) is 13.0. The molecule has 0 saturated carbocycles. The SMILES string of the molecule is CCCNc1cc(N2CCCC(C)(O)C2)ccn1. The second-order valence-electron chi connectivity index (χ2n) is 5.35. The van der Waals surface area contributed by atoms with E-state index in [9.17, 15) is 5.11 Å². The molecule has 1 aliphatic heterocycles. The molecular weight excluding hydrogens is 226 g/mol. The number of anilines is 2. The maximum Gasteiger partial charge on any atom is 0.127 e. The summed E-state index contributed by atoms with van der Waals surface area (Å²) >= 11 is 0. The Bertz CT molecular complexity index is 392. The Kier molecular flexibility index (Phi) is 4.07. The van der Waals surface area contributed by atoms with Crippen molar-refractivity contribution in [3.05, 3.63) is 18.3 Å². The Morgan fingerprint density at radius 1 is 1.56 bits per heavy atom. The Morgan fingerprint density at radius 2 is 2.39 bits per heavy atom. The van der Waals surface area contributed by atoms with Gasteiger partial charge >= 0.3 is 0 Å². The summed E-state index contributed by atoms with van der Waals surface area (Å²) in [6.45, 7) is 6.70. The number of aliphatic hydroxyl groups is 1. The van der Waals surface area contributed by atoms with Gasteiger partial charge in [-0.2, -0.15) is 0 Å². The number of piperidine rings is 1. The molecule has 0 bridgehead atoms. The third-order valence-electron chi connectivity index (χ3n) is 3.34. The molecule has 2 heterocycles. The molecule has 1 aromatic rings. The van der Waals surface area contributed by atoms with E-state index in [1.54, 1.807) is 0 Å². The van der Waals surface area contributed by atoms with Crippen molar-refractivity contribution in [3.63, 3.8) is 0 Å². The van der Waals surface area contributed by atoms with Gasteiger partial charge in [-0.15, -0.1) is 0 Å².